The lowest BCUT2D eigenvalue weighted by Crippen LogP contribution is -2.33. The van der Waals surface area contributed by atoms with Crippen LogP contribution >= 0.6 is 45.2 Å². The molecule has 0 heterocycles. The third kappa shape index (κ3) is 7.91. The van der Waals surface area contributed by atoms with Crippen LogP contribution < -0.4 is 14.8 Å². The van der Waals surface area contributed by atoms with Crippen LogP contribution in [-0.4, -0.2) is 44.2 Å². The predicted molar refractivity (Wildman–Crippen MR) is 140 cm³/mol. The van der Waals surface area contributed by atoms with E-state index in [9.17, 15) is 44.9 Å². The maximum absolute atomic E-state index is 14.2. The van der Waals surface area contributed by atoms with E-state index in [0.29, 0.717) is 6.42 Å². The van der Waals surface area contributed by atoms with E-state index in [1.165, 1.54) is 0 Å². The standard InChI is InChI=1S/C22H19F4I2NO9S/c1-4-22(2,3)20(31)36-6-5-29-21(32)38-16-10(27)7-9(8-11(16)28)19(30)37-17-12(23)14(25)18(39(33,34)35)15(26)13(17)24/h7-8H,4-6H2,1-3H3,(H,29,32)(H,33,34,35)/p-1. The van der Waals surface area contributed by atoms with Crippen LogP contribution in [0.5, 0.6) is 11.5 Å². The van der Waals surface area contributed by atoms with E-state index in [4.69, 9.17) is 9.47 Å². The molecule has 0 saturated heterocycles. The van der Waals surface area contributed by atoms with Crippen LogP contribution in [0.25, 0.3) is 0 Å². The average Bonchev–Trinajstić information content (AvgIpc) is 2.84. The Kier molecular flexibility index (Phi) is 10.9. The van der Waals surface area contributed by atoms with Crippen LogP contribution in [-0.2, 0) is 19.6 Å². The Labute approximate surface area is 246 Å². The summed E-state index contributed by atoms with van der Waals surface area (Å²) in [5.74, 6) is -13.9. The molecule has 1 N–H and O–H groups in total. The molecule has 0 aliphatic carbocycles. The Morgan fingerprint density at radius 2 is 1.46 bits per heavy atom. The molecular formula is C22H18F4I2NO9S-. The van der Waals surface area contributed by atoms with E-state index >= 15 is 0 Å². The highest BCUT2D eigenvalue weighted by Gasteiger charge is 2.32. The van der Waals surface area contributed by atoms with Gasteiger partial charge in [-0.25, -0.2) is 26.8 Å². The predicted octanol–water partition coefficient (Wildman–Crippen LogP) is 4.64. The van der Waals surface area contributed by atoms with E-state index in [2.05, 4.69) is 10.1 Å². The molecule has 0 saturated carbocycles. The first-order valence-corrected chi connectivity index (χ1v) is 14.1. The molecule has 0 aliphatic rings. The van der Waals surface area contributed by atoms with Crippen molar-refractivity contribution in [2.24, 2.45) is 5.41 Å². The summed E-state index contributed by atoms with van der Waals surface area (Å²) in [5.41, 5.74) is -1.08. The smallest absolute Gasteiger partial charge is 0.412 e. The molecule has 0 unspecified atom stereocenters. The highest BCUT2D eigenvalue weighted by atomic mass is 127. The van der Waals surface area contributed by atoms with Gasteiger partial charge in [0.05, 0.1) is 24.7 Å². The number of benzene rings is 2. The van der Waals surface area contributed by atoms with Crippen LogP contribution in [0.3, 0.4) is 0 Å². The van der Waals surface area contributed by atoms with Gasteiger partial charge in [0, 0.05) is 0 Å². The average molecular weight is 802 g/mol. The zero-order valence-electron chi connectivity index (χ0n) is 20.1. The highest BCUT2D eigenvalue weighted by Crippen LogP contribution is 2.34. The second kappa shape index (κ2) is 12.9. The lowest BCUT2D eigenvalue weighted by atomic mass is 9.91. The van der Waals surface area contributed by atoms with Gasteiger partial charge in [0.15, 0.2) is 17.4 Å². The number of halogens is 6. The fraction of sp³-hybridized carbons (Fsp3) is 0.318. The van der Waals surface area contributed by atoms with E-state index in [1.807, 2.05) is 6.92 Å². The molecule has 0 radical (unpaired) electrons. The van der Waals surface area contributed by atoms with Gasteiger partial charge in [0.1, 0.15) is 21.6 Å². The van der Waals surface area contributed by atoms with Crippen LogP contribution in [0.4, 0.5) is 22.4 Å². The number of esters is 2. The molecule has 1 amide bonds. The van der Waals surface area contributed by atoms with Crippen molar-refractivity contribution in [1.82, 2.24) is 5.32 Å². The summed E-state index contributed by atoms with van der Waals surface area (Å²) in [4.78, 5) is 34.1. The van der Waals surface area contributed by atoms with Crippen molar-refractivity contribution in [3.05, 3.63) is 48.1 Å². The van der Waals surface area contributed by atoms with Gasteiger partial charge in [-0.15, -0.1) is 0 Å². The molecule has 17 heteroatoms. The quantitative estimate of drug-likeness (QED) is 0.0729. The van der Waals surface area contributed by atoms with E-state index in [1.54, 1.807) is 59.0 Å². The first-order chi connectivity index (χ1) is 17.9. The molecule has 0 bridgehead atoms. The first-order valence-electron chi connectivity index (χ1n) is 10.6. The molecule has 214 valence electrons. The Bertz CT molecular complexity index is 1380. The fourth-order valence-electron chi connectivity index (χ4n) is 2.59. The van der Waals surface area contributed by atoms with Gasteiger partial charge in [-0.3, -0.25) is 4.79 Å². The molecule has 0 fully saturated rings. The Balaban J connectivity index is 2.14. The minimum absolute atomic E-state index is 0.0335. The van der Waals surface area contributed by atoms with Gasteiger partial charge < -0.3 is 24.1 Å². The lowest BCUT2D eigenvalue weighted by molar-refractivity contribution is -0.153. The lowest BCUT2D eigenvalue weighted by Gasteiger charge is -2.20. The van der Waals surface area contributed by atoms with Gasteiger partial charge >= 0.3 is 18.0 Å². The fourth-order valence-corrected chi connectivity index (χ4v) is 5.20. The maximum Gasteiger partial charge on any atom is 0.412 e. The summed E-state index contributed by atoms with van der Waals surface area (Å²) < 4.78 is 104. The summed E-state index contributed by atoms with van der Waals surface area (Å²) in [6.45, 7) is 5.05. The molecule has 2 aromatic carbocycles. The number of amides is 1. The minimum atomic E-state index is -5.94. The van der Waals surface area contributed by atoms with Crippen molar-refractivity contribution in [3.8, 4) is 11.5 Å². The molecular weight excluding hydrogens is 784 g/mol. The molecule has 39 heavy (non-hydrogen) atoms. The van der Waals surface area contributed by atoms with E-state index in [0.717, 1.165) is 12.1 Å². The van der Waals surface area contributed by atoms with E-state index < -0.39 is 73.0 Å². The van der Waals surface area contributed by atoms with Gasteiger partial charge in [-0.1, -0.05) is 6.92 Å². The molecule has 0 atom stereocenters. The van der Waals surface area contributed by atoms with Crippen LogP contribution in [0.1, 0.15) is 37.6 Å². The van der Waals surface area contributed by atoms with Crippen LogP contribution in [0.2, 0.25) is 0 Å². The highest BCUT2D eigenvalue weighted by molar-refractivity contribution is 14.1. The summed E-state index contributed by atoms with van der Waals surface area (Å²) in [7, 11) is -5.94. The van der Waals surface area contributed by atoms with E-state index in [-0.39, 0.29) is 26.0 Å². The van der Waals surface area contributed by atoms with Gasteiger partial charge in [-0.2, -0.15) is 8.78 Å². The zero-order chi connectivity index (χ0) is 29.9. The summed E-state index contributed by atoms with van der Waals surface area (Å²) in [6, 6.07) is 2.11. The minimum Gasteiger partial charge on any atom is -0.744 e. The summed E-state index contributed by atoms with van der Waals surface area (Å²) in [6.07, 6.45) is -0.382. The van der Waals surface area contributed by atoms with Crippen LogP contribution in [0, 0.1) is 35.8 Å². The molecule has 2 aromatic rings. The Hall–Kier alpha value is -2.26. The van der Waals surface area contributed by atoms with Gasteiger partial charge in [0.2, 0.25) is 17.4 Å². The molecule has 0 spiro atoms. The monoisotopic (exact) mass is 802 g/mol. The third-order valence-corrected chi connectivity index (χ3v) is 7.56. The maximum atomic E-state index is 14.2. The summed E-state index contributed by atoms with van der Waals surface area (Å²) >= 11 is 3.31. The molecule has 10 nitrogen and oxygen atoms in total. The third-order valence-electron chi connectivity index (χ3n) is 5.10. The topological polar surface area (TPSA) is 148 Å². The van der Waals surface area contributed by atoms with Crippen molar-refractivity contribution in [2.75, 3.05) is 13.2 Å². The molecule has 2 rings (SSSR count). The SMILES string of the molecule is CCC(C)(C)C(=O)OCCNC(=O)Oc1c(I)cc(C(=O)Oc2c(F)c(F)c(S(=O)(=O)[O-])c(F)c2F)cc1I. The number of nitrogens with one attached hydrogen (secondary N) is 1. The number of ether oxygens (including phenoxy) is 3. The number of rotatable bonds is 9. The van der Waals surface area contributed by atoms with Crippen molar-refractivity contribution in [3.63, 3.8) is 0 Å². The number of carbonyl (C=O) groups is 3. The van der Waals surface area contributed by atoms with Crippen molar-refractivity contribution >= 4 is 73.3 Å². The van der Waals surface area contributed by atoms with Crippen molar-refractivity contribution < 1.29 is 59.1 Å². The van der Waals surface area contributed by atoms with Crippen LogP contribution in [0.15, 0.2) is 17.0 Å². The van der Waals surface area contributed by atoms with Gasteiger partial charge in [0.25, 0.3) is 0 Å². The zero-order valence-corrected chi connectivity index (χ0v) is 25.3. The second-order valence-corrected chi connectivity index (χ2v) is 11.9. The largest absolute Gasteiger partial charge is 0.744 e. The summed E-state index contributed by atoms with van der Waals surface area (Å²) in [5, 5.41) is 2.36. The molecule has 0 aliphatic heterocycles. The second-order valence-electron chi connectivity index (χ2n) is 8.22. The number of hydrogen-bond acceptors (Lipinski definition) is 9. The first kappa shape index (κ1) is 32.9. The van der Waals surface area contributed by atoms with Gasteiger partial charge in [-0.05, 0) is 77.6 Å². The Morgan fingerprint density at radius 3 is 1.92 bits per heavy atom. The van der Waals surface area contributed by atoms with Crippen molar-refractivity contribution in [2.45, 2.75) is 32.1 Å². The normalized spacial score (nSPS) is 11.6. The Morgan fingerprint density at radius 1 is 0.949 bits per heavy atom. The number of carbonyl (C=O) groups excluding carboxylic acids is 3. The van der Waals surface area contributed by atoms with Crippen molar-refractivity contribution in [1.29, 1.82) is 0 Å². The molecule has 0 aromatic heterocycles. The number of hydrogen-bond donors (Lipinski definition) is 1.